The third-order valence-corrected chi connectivity index (χ3v) is 3.17. The second-order valence-corrected chi connectivity index (χ2v) is 5.68. The van der Waals surface area contributed by atoms with Gasteiger partial charge in [-0.1, -0.05) is 0 Å². The van der Waals surface area contributed by atoms with Crippen molar-refractivity contribution >= 4 is 23.8 Å². The summed E-state index contributed by atoms with van der Waals surface area (Å²) in [4.78, 5) is 22.5. The van der Waals surface area contributed by atoms with Gasteiger partial charge >= 0.3 is 12.0 Å². The summed E-state index contributed by atoms with van der Waals surface area (Å²) in [5.74, 6) is -0.302. The number of thioether (sulfide) groups is 1. The maximum absolute atomic E-state index is 11.5. The molecular weight excluding hydrogens is 280 g/mol. The minimum Gasteiger partial charge on any atom is -0.480 e. The molecule has 0 aliphatic carbocycles. The molecule has 0 saturated carbocycles. The number of amides is 2. The molecule has 0 fully saturated rings. The Morgan fingerprint density at radius 2 is 2.00 bits per heavy atom. The summed E-state index contributed by atoms with van der Waals surface area (Å²) in [7, 11) is 0. The van der Waals surface area contributed by atoms with Crippen molar-refractivity contribution in [2.24, 2.45) is 0 Å². The Bertz CT molecular complexity index is 288. The van der Waals surface area contributed by atoms with Crippen molar-refractivity contribution in [2.75, 3.05) is 25.2 Å². The fourth-order valence-corrected chi connectivity index (χ4v) is 1.92. The number of carboxylic acids is 1. The van der Waals surface area contributed by atoms with E-state index in [0.29, 0.717) is 25.3 Å². The van der Waals surface area contributed by atoms with E-state index in [2.05, 4.69) is 10.6 Å². The number of carbonyl (C=O) groups excluding carboxylic acids is 1. The number of hydrogen-bond acceptors (Lipinski definition) is 4. The SMILES string of the molecule is CSCCC(NC(=O)NCCCCOC(C)C)C(=O)O. The first-order valence-corrected chi connectivity index (χ1v) is 8.24. The van der Waals surface area contributed by atoms with Gasteiger partial charge in [0.1, 0.15) is 6.04 Å². The first-order valence-electron chi connectivity index (χ1n) is 6.85. The molecule has 0 aromatic heterocycles. The Balaban J connectivity index is 3.71. The molecule has 2 amide bonds. The Morgan fingerprint density at radius 3 is 2.55 bits per heavy atom. The van der Waals surface area contributed by atoms with Gasteiger partial charge in [-0.25, -0.2) is 9.59 Å². The molecule has 0 radical (unpaired) electrons. The zero-order valence-electron chi connectivity index (χ0n) is 12.5. The Kier molecular flexibility index (Phi) is 11.3. The number of nitrogens with one attached hydrogen (secondary N) is 2. The molecule has 3 N–H and O–H groups in total. The molecule has 0 aromatic rings. The number of aliphatic carboxylic acids is 1. The van der Waals surface area contributed by atoms with Crippen molar-refractivity contribution in [3.05, 3.63) is 0 Å². The smallest absolute Gasteiger partial charge is 0.326 e. The van der Waals surface area contributed by atoms with E-state index in [1.807, 2.05) is 20.1 Å². The van der Waals surface area contributed by atoms with Crippen LogP contribution < -0.4 is 10.6 Å². The average molecular weight is 306 g/mol. The molecule has 1 unspecified atom stereocenters. The molecule has 0 rings (SSSR count). The maximum atomic E-state index is 11.5. The second kappa shape index (κ2) is 11.8. The number of ether oxygens (including phenoxy) is 1. The van der Waals surface area contributed by atoms with E-state index >= 15 is 0 Å². The number of carboxylic acid groups (broad SMARTS) is 1. The average Bonchev–Trinajstić information content (AvgIpc) is 2.37. The highest BCUT2D eigenvalue weighted by Gasteiger charge is 2.18. The number of hydrogen-bond donors (Lipinski definition) is 3. The van der Waals surface area contributed by atoms with Crippen LogP contribution in [-0.2, 0) is 9.53 Å². The molecule has 6 nitrogen and oxygen atoms in total. The fourth-order valence-electron chi connectivity index (χ4n) is 1.45. The molecule has 0 saturated heterocycles. The first-order chi connectivity index (χ1) is 9.47. The van der Waals surface area contributed by atoms with Gasteiger partial charge in [0.05, 0.1) is 6.10 Å². The van der Waals surface area contributed by atoms with Crippen LogP contribution >= 0.6 is 11.8 Å². The lowest BCUT2D eigenvalue weighted by atomic mass is 10.2. The second-order valence-electron chi connectivity index (χ2n) is 4.70. The Morgan fingerprint density at radius 1 is 1.30 bits per heavy atom. The van der Waals surface area contributed by atoms with Gasteiger partial charge in [-0.05, 0) is 45.1 Å². The van der Waals surface area contributed by atoms with Gasteiger partial charge < -0.3 is 20.5 Å². The van der Waals surface area contributed by atoms with E-state index < -0.39 is 18.0 Å². The lowest BCUT2D eigenvalue weighted by Crippen LogP contribution is -2.46. The van der Waals surface area contributed by atoms with Crippen molar-refractivity contribution in [3.8, 4) is 0 Å². The number of unbranched alkanes of at least 4 members (excludes halogenated alkanes) is 1. The highest BCUT2D eigenvalue weighted by atomic mass is 32.2. The third-order valence-electron chi connectivity index (χ3n) is 2.52. The van der Waals surface area contributed by atoms with Crippen LogP contribution in [0, 0.1) is 0 Å². The topological polar surface area (TPSA) is 87.7 Å². The van der Waals surface area contributed by atoms with E-state index in [-0.39, 0.29) is 6.10 Å². The molecule has 20 heavy (non-hydrogen) atoms. The van der Waals surface area contributed by atoms with E-state index in [0.717, 1.165) is 12.8 Å². The summed E-state index contributed by atoms with van der Waals surface area (Å²) in [5, 5.41) is 14.1. The van der Waals surface area contributed by atoms with Crippen LogP contribution in [0.3, 0.4) is 0 Å². The third kappa shape index (κ3) is 10.9. The molecule has 0 spiro atoms. The van der Waals surface area contributed by atoms with E-state index in [1.165, 1.54) is 0 Å². The lowest BCUT2D eigenvalue weighted by molar-refractivity contribution is -0.139. The van der Waals surface area contributed by atoms with Gasteiger partial charge in [0, 0.05) is 13.2 Å². The van der Waals surface area contributed by atoms with Crippen LogP contribution in [-0.4, -0.2) is 54.4 Å². The van der Waals surface area contributed by atoms with Crippen LogP contribution in [0.5, 0.6) is 0 Å². The minimum absolute atomic E-state index is 0.221. The molecule has 0 aliphatic rings. The quantitative estimate of drug-likeness (QED) is 0.506. The summed E-state index contributed by atoms with van der Waals surface area (Å²) in [6, 6.07) is -1.25. The molecule has 118 valence electrons. The van der Waals surface area contributed by atoms with Gasteiger partial charge in [-0.3, -0.25) is 0 Å². The van der Waals surface area contributed by atoms with Crippen molar-refractivity contribution in [1.29, 1.82) is 0 Å². The zero-order valence-corrected chi connectivity index (χ0v) is 13.3. The summed E-state index contributed by atoms with van der Waals surface area (Å²) >= 11 is 1.55. The Hall–Kier alpha value is -0.950. The van der Waals surface area contributed by atoms with Gasteiger partial charge in [-0.15, -0.1) is 0 Å². The predicted octanol–water partition coefficient (Wildman–Crippen LogP) is 1.70. The van der Waals surface area contributed by atoms with Crippen LogP contribution in [0.1, 0.15) is 33.1 Å². The van der Waals surface area contributed by atoms with Gasteiger partial charge in [0.15, 0.2) is 0 Å². The van der Waals surface area contributed by atoms with Crippen LogP contribution in [0.2, 0.25) is 0 Å². The van der Waals surface area contributed by atoms with E-state index in [1.54, 1.807) is 11.8 Å². The standard InChI is InChI=1S/C13H26N2O4S/c1-10(2)19-8-5-4-7-14-13(18)15-11(12(16)17)6-9-20-3/h10-11H,4-9H2,1-3H3,(H,16,17)(H2,14,15,18). The van der Waals surface area contributed by atoms with E-state index in [4.69, 9.17) is 9.84 Å². The van der Waals surface area contributed by atoms with E-state index in [9.17, 15) is 9.59 Å². The van der Waals surface area contributed by atoms with Gasteiger partial charge in [-0.2, -0.15) is 11.8 Å². The molecule has 0 aliphatic heterocycles. The van der Waals surface area contributed by atoms with Crippen molar-refractivity contribution < 1.29 is 19.4 Å². The molecule has 7 heteroatoms. The Labute approximate surface area is 125 Å². The fraction of sp³-hybridized carbons (Fsp3) is 0.846. The normalized spacial score (nSPS) is 12.2. The minimum atomic E-state index is -1.00. The summed E-state index contributed by atoms with van der Waals surface area (Å²) < 4.78 is 5.38. The summed E-state index contributed by atoms with van der Waals surface area (Å²) in [6.45, 7) is 5.15. The van der Waals surface area contributed by atoms with Crippen LogP contribution in [0.25, 0.3) is 0 Å². The largest absolute Gasteiger partial charge is 0.480 e. The number of urea groups is 1. The van der Waals surface area contributed by atoms with Crippen molar-refractivity contribution in [2.45, 2.75) is 45.3 Å². The summed E-state index contributed by atoms with van der Waals surface area (Å²) in [6.07, 6.45) is 4.22. The van der Waals surface area contributed by atoms with Gasteiger partial charge in [0.25, 0.3) is 0 Å². The highest BCUT2D eigenvalue weighted by Crippen LogP contribution is 2.01. The molecule has 0 heterocycles. The molecule has 0 bridgehead atoms. The molecule has 0 aromatic carbocycles. The van der Waals surface area contributed by atoms with Crippen LogP contribution in [0.15, 0.2) is 0 Å². The lowest BCUT2D eigenvalue weighted by Gasteiger charge is -2.14. The number of carbonyl (C=O) groups is 2. The van der Waals surface area contributed by atoms with Crippen LogP contribution in [0.4, 0.5) is 4.79 Å². The van der Waals surface area contributed by atoms with Crippen molar-refractivity contribution in [3.63, 3.8) is 0 Å². The molecular formula is C13H26N2O4S. The predicted molar refractivity (Wildman–Crippen MR) is 81.3 cm³/mol. The zero-order chi connectivity index (χ0) is 15.4. The molecule has 1 atom stereocenters. The summed E-state index contributed by atoms with van der Waals surface area (Å²) in [5.41, 5.74) is 0. The number of rotatable bonds is 11. The van der Waals surface area contributed by atoms with Crippen molar-refractivity contribution in [1.82, 2.24) is 10.6 Å². The monoisotopic (exact) mass is 306 g/mol. The highest BCUT2D eigenvalue weighted by molar-refractivity contribution is 7.98. The maximum Gasteiger partial charge on any atom is 0.326 e. The van der Waals surface area contributed by atoms with Gasteiger partial charge in [0.2, 0.25) is 0 Å². The first kappa shape index (κ1) is 19.1.